The molecule has 0 aliphatic carbocycles. The zero-order chi connectivity index (χ0) is 28.2. The molecule has 1 atom stereocenters. The molecule has 0 aliphatic rings. The van der Waals surface area contributed by atoms with Gasteiger partial charge in [-0.15, -0.1) is 0 Å². The van der Waals surface area contributed by atoms with E-state index in [4.69, 9.17) is 10.5 Å². The lowest BCUT2D eigenvalue weighted by Gasteiger charge is -2.19. The predicted octanol–water partition coefficient (Wildman–Crippen LogP) is 2.83. The number of carbonyl (C=O) groups is 3. The maximum absolute atomic E-state index is 12.9. The molecule has 0 spiro atoms. The van der Waals surface area contributed by atoms with E-state index in [1.54, 1.807) is 13.0 Å². The van der Waals surface area contributed by atoms with Crippen LogP contribution in [-0.2, 0) is 14.3 Å². The quantitative estimate of drug-likeness (QED) is 0.114. The number of hydrogen-bond donors (Lipinski definition) is 4. The van der Waals surface area contributed by atoms with Crippen LogP contribution in [0.2, 0.25) is 0 Å². The van der Waals surface area contributed by atoms with Gasteiger partial charge < -0.3 is 25.9 Å². The highest BCUT2D eigenvalue weighted by Crippen LogP contribution is 2.30. The molecular weight excluding hydrogens is 500 g/mol. The Morgan fingerprint density at radius 3 is 2.15 bits per heavy atom. The third kappa shape index (κ3) is 8.39. The Balaban J connectivity index is 1.70. The highest BCUT2D eigenvalue weighted by molar-refractivity contribution is 5.97. The lowest BCUT2D eigenvalue weighted by atomic mass is 9.88. The molecular formula is C29H32N4O6. The van der Waals surface area contributed by atoms with Crippen molar-refractivity contribution in [1.29, 1.82) is 0 Å². The Morgan fingerprint density at radius 1 is 1.00 bits per heavy atom. The van der Waals surface area contributed by atoms with Gasteiger partial charge in [0.05, 0.1) is 6.61 Å². The Bertz CT molecular complexity index is 1320. The molecule has 39 heavy (non-hydrogen) atoms. The number of pyridine rings is 1. The molecule has 10 heteroatoms. The van der Waals surface area contributed by atoms with Crippen molar-refractivity contribution in [1.82, 2.24) is 10.3 Å². The first-order valence-electron chi connectivity index (χ1n) is 12.6. The number of hydrogen-bond acceptors (Lipinski definition) is 6. The van der Waals surface area contributed by atoms with Crippen LogP contribution in [-0.4, -0.2) is 53.0 Å². The van der Waals surface area contributed by atoms with Gasteiger partial charge in [0.1, 0.15) is 23.9 Å². The lowest BCUT2D eigenvalue weighted by Crippen LogP contribution is -2.42. The standard InChI is InChI=1S/C29H32N4O6/c1-2-39-25(34)18-24(30)31-17-9-14-23(29(37)38)33-28(36)21-15-16-22(32-27(21)35)26(19-10-5-3-6-11-19)20-12-7-4-8-13-20/h3-8,10-13,15-16,23,26H,2,9,14,17-18H2,1H3,(H2,30,31)(H,32,35)(H,33,36)(H,37,38)/t23-/m0/s1. The fourth-order valence-corrected chi connectivity index (χ4v) is 4.11. The minimum Gasteiger partial charge on any atom is -0.480 e. The number of nitrogens with zero attached hydrogens (tertiary/aromatic N) is 1. The monoisotopic (exact) mass is 532 g/mol. The maximum Gasteiger partial charge on any atom is 0.326 e. The first kappa shape index (κ1) is 28.8. The molecule has 0 aliphatic heterocycles. The summed E-state index contributed by atoms with van der Waals surface area (Å²) in [5.41, 5.74) is 7.40. The first-order chi connectivity index (χ1) is 18.8. The third-order valence-electron chi connectivity index (χ3n) is 5.95. The summed E-state index contributed by atoms with van der Waals surface area (Å²) in [4.78, 5) is 55.8. The first-order valence-corrected chi connectivity index (χ1v) is 12.6. The van der Waals surface area contributed by atoms with Crippen molar-refractivity contribution in [3.05, 3.63) is 106 Å². The molecule has 0 saturated heterocycles. The minimum absolute atomic E-state index is 0.0529. The SMILES string of the molecule is CCOC(=O)CC(N)=NCCC[C@H](NC(=O)c1ccc(C(c2ccccc2)c2ccccc2)[nH]c1=O)C(=O)O. The number of H-pyrrole nitrogens is 1. The van der Waals surface area contributed by atoms with Crippen LogP contribution in [0.1, 0.15) is 59.3 Å². The summed E-state index contributed by atoms with van der Waals surface area (Å²) < 4.78 is 4.80. The topological polar surface area (TPSA) is 164 Å². The molecule has 1 amide bonds. The molecule has 2 aromatic carbocycles. The molecule has 0 unspecified atom stereocenters. The predicted molar refractivity (Wildman–Crippen MR) is 147 cm³/mol. The fourth-order valence-electron chi connectivity index (χ4n) is 4.11. The van der Waals surface area contributed by atoms with Crippen molar-refractivity contribution in [2.75, 3.05) is 13.2 Å². The Morgan fingerprint density at radius 2 is 1.62 bits per heavy atom. The van der Waals surface area contributed by atoms with E-state index >= 15 is 0 Å². The van der Waals surface area contributed by atoms with Gasteiger partial charge in [0.25, 0.3) is 11.5 Å². The second-order valence-electron chi connectivity index (χ2n) is 8.77. The van der Waals surface area contributed by atoms with Crippen LogP contribution in [0, 0.1) is 0 Å². The number of carbonyl (C=O) groups excluding carboxylic acids is 2. The van der Waals surface area contributed by atoms with Crippen LogP contribution in [0.4, 0.5) is 0 Å². The highest BCUT2D eigenvalue weighted by atomic mass is 16.5. The molecule has 1 aromatic heterocycles. The largest absolute Gasteiger partial charge is 0.480 e. The average molecular weight is 533 g/mol. The normalized spacial score (nSPS) is 12.1. The van der Waals surface area contributed by atoms with Gasteiger partial charge in [-0.2, -0.15) is 0 Å². The number of rotatable bonds is 13. The van der Waals surface area contributed by atoms with Crippen molar-refractivity contribution in [2.24, 2.45) is 10.7 Å². The molecule has 10 nitrogen and oxygen atoms in total. The zero-order valence-corrected chi connectivity index (χ0v) is 21.6. The van der Waals surface area contributed by atoms with Gasteiger partial charge in [0, 0.05) is 18.2 Å². The number of amides is 1. The van der Waals surface area contributed by atoms with Gasteiger partial charge in [-0.1, -0.05) is 60.7 Å². The Kier molecular flexibility index (Phi) is 10.6. The molecule has 3 rings (SSSR count). The molecule has 3 aromatic rings. The molecule has 0 radical (unpaired) electrons. The van der Waals surface area contributed by atoms with Gasteiger partial charge in [-0.05, 0) is 43.0 Å². The fraction of sp³-hybridized carbons (Fsp3) is 0.276. The average Bonchev–Trinajstić information content (AvgIpc) is 2.91. The molecule has 5 N–H and O–H groups in total. The number of ether oxygens (including phenoxy) is 1. The van der Waals surface area contributed by atoms with E-state index in [1.807, 2.05) is 60.7 Å². The van der Waals surface area contributed by atoms with Crippen molar-refractivity contribution in [2.45, 2.75) is 38.1 Å². The van der Waals surface area contributed by atoms with Gasteiger partial charge in [0.15, 0.2) is 0 Å². The second kappa shape index (κ2) is 14.3. The Labute approximate surface area is 225 Å². The van der Waals surface area contributed by atoms with E-state index in [2.05, 4.69) is 15.3 Å². The van der Waals surface area contributed by atoms with Crippen molar-refractivity contribution >= 4 is 23.7 Å². The van der Waals surface area contributed by atoms with Gasteiger partial charge in [0.2, 0.25) is 0 Å². The lowest BCUT2D eigenvalue weighted by molar-refractivity contribution is -0.141. The van der Waals surface area contributed by atoms with Gasteiger partial charge in [-0.25, -0.2) is 4.79 Å². The van der Waals surface area contributed by atoms with Crippen LogP contribution in [0.15, 0.2) is 82.6 Å². The summed E-state index contributed by atoms with van der Waals surface area (Å²) in [7, 11) is 0. The molecule has 1 heterocycles. The maximum atomic E-state index is 12.9. The van der Waals surface area contributed by atoms with E-state index in [9.17, 15) is 24.3 Å². The third-order valence-corrected chi connectivity index (χ3v) is 5.95. The van der Waals surface area contributed by atoms with Crippen LogP contribution in [0.25, 0.3) is 0 Å². The van der Waals surface area contributed by atoms with Crippen molar-refractivity contribution in [3.63, 3.8) is 0 Å². The molecule has 204 valence electrons. The Hall–Kier alpha value is -4.73. The van der Waals surface area contributed by atoms with Crippen molar-refractivity contribution < 1.29 is 24.2 Å². The zero-order valence-electron chi connectivity index (χ0n) is 21.6. The van der Waals surface area contributed by atoms with Crippen LogP contribution < -0.4 is 16.6 Å². The van der Waals surface area contributed by atoms with Gasteiger partial charge in [-0.3, -0.25) is 19.4 Å². The molecule has 0 bridgehead atoms. The minimum atomic E-state index is -1.24. The van der Waals surface area contributed by atoms with Crippen LogP contribution in [0.5, 0.6) is 0 Å². The highest BCUT2D eigenvalue weighted by Gasteiger charge is 2.23. The van der Waals surface area contributed by atoms with E-state index < -0.39 is 29.4 Å². The smallest absolute Gasteiger partial charge is 0.326 e. The van der Waals surface area contributed by atoms with E-state index in [0.717, 1.165) is 11.1 Å². The summed E-state index contributed by atoms with van der Waals surface area (Å²) in [5, 5.41) is 12.0. The van der Waals surface area contributed by atoms with Gasteiger partial charge >= 0.3 is 11.9 Å². The molecule has 0 saturated carbocycles. The van der Waals surface area contributed by atoms with Crippen LogP contribution in [0.3, 0.4) is 0 Å². The number of aromatic amines is 1. The second-order valence-corrected chi connectivity index (χ2v) is 8.77. The summed E-state index contributed by atoms with van der Waals surface area (Å²) >= 11 is 0. The van der Waals surface area contributed by atoms with E-state index in [0.29, 0.717) is 5.69 Å². The van der Waals surface area contributed by atoms with Crippen LogP contribution >= 0.6 is 0 Å². The van der Waals surface area contributed by atoms with E-state index in [-0.39, 0.29) is 49.7 Å². The summed E-state index contributed by atoms with van der Waals surface area (Å²) in [6.07, 6.45) is 0.185. The summed E-state index contributed by atoms with van der Waals surface area (Å²) in [6, 6.07) is 21.1. The summed E-state index contributed by atoms with van der Waals surface area (Å²) in [6.45, 7) is 2.08. The number of amidine groups is 1. The number of esters is 1. The summed E-state index contributed by atoms with van der Waals surface area (Å²) in [5.74, 6) is -2.71. The molecule has 0 fully saturated rings. The number of aliphatic imine (C=N–C) groups is 1. The number of aromatic nitrogens is 1. The van der Waals surface area contributed by atoms with Crippen molar-refractivity contribution in [3.8, 4) is 0 Å². The number of nitrogens with two attached hydrogens (primary N) is 1. The number of nitrogens with one attached hydrogen (secondary N) is 2. The number of benzene rings is 2. The number of carboxylic acid groups (broad SMARTS) is 1. The number of aliphatic carboxylic acids is 1. The van der Waals surface area contributed by atoms with E-state index in [1.165, 1.54) is 6.07 Å². The number of carboxylic acids is 1.